The normalized spacial score (nSPS) is 33.6. The van der Waals surface area contributed by atoms with Gasteiger partial charge >= 0.3 is 0 Å². The van der Waals surface area contributed by atoms with Crippen LogP contribution in [0.4, 0.5) is 0 Å². The predicted octanol–water partition coefficient (Wildman–Crippen LogP) is -0.570. The Hall–Kier alpha value is -0.160. The summed E-state index contributed by atoms with van der Waals surface area (Å²) >= 11 is 0. The lowest BCUT2D eigenvalue weighted by molar-refractivity contribution is -0.0571. The minimum absolute atomic E-state index is 0.138. The van der Waals surface area contributed by atoms with E-state index < -0.39 is 0 Å². The third-order valence-corrected chi connectivity index (χ3v) is 3.35. The molecule has 2 aliphatic heterocycles. The largest absolute Gasteiger partial charge is 0.391 e. The van der Waals surface area contributed by atoms with Gasteiger partial charge in [0.15, 0.2) is 0 Å². The molecule has 14 heavy (non-hydrogen) atoms. The van der Waals surface area contributed by atoms with E-state index in [1.54, 1.807) is 0 Å². The van der Waals surface area contributed by atoms with Gasteiger partial charge in [0.2, 0.25) is 0 Å². The van der Waals surface area contributed by atoms with Crippen LogP contribution < -0.4 is 5.32 Å². The maximum atomic E-state index is 9.61. The van der Waals surface area contributed by atoms with E-state index in [2.05, 4.69) is 17.3 Å². The van der Waals surface area contributed by atoms with Crippen molar-refractivity contribution in [2.75, 3.05) is 33.4 Å². The molecule has 2 saturated heterocycles. The zero-order valence-electron chi connectivity index (χ0n) is 8.78. The standard InChI is InChI=1S/C10H20N2O2/c1-12(8-6-14-7-8)5-3-9-10(13)2-4-11-9/h8-11,13H,2-7H2,1H3. The van der Waals surface area contributed by atoms with Crippen molar-refractivity contribution >= 4 is 0 Å². The number of aliphatic hydroxyl groups is 1. The van der Waals surface area contributed by atoms with Crippen LogP contribution in [0.3, 0.4) is 0 Å². The van der Waals surface area contributed by atoms with Crippen molar-refractivity contribution < 1.29 is 9.84 Å². The average molecular weight is 200 g/mol. The average Bonchev–Trinajstić information content (AvgIpc) is 2.44. The van der Waals surface area contributed by atoms with Gasteiger partial charge < -0.3 is 15.2 Å². The lowest BCUT2D eigenvalue weighted by Gasteiger charge is -2.35. The van der Waals surface area contributed by atoms with E-state index in [1.807, 2.05) is 0 Å². The molecule has 0 spiro atoms. The Bertz CT molecular complexity index is 185. The molecule has 0 radical (unpaired) electrons. The number of hydrogen-bond acceptors (Lipinski definition) is 4. The third-order valence-electron chi connectivity index (χ3n) is 3.35. The van der Waals surface area contributed by atoms with Crippen LogP contribution in [0, 0.1) is 0 Å². The van der Waals surface area contributed by atoms with Gasteiger partial charge in [0.25, 0.3) is 0 Å². The summed E-state index contributed by atoms with van der Waals surface area (Å²) in [4.78, 5) is 2.33. The van der Waals surface area contributed by atoms with E-state index in [0.29, 0.717) is 12.1 Å². The molecule has 4 nitrogen and oxygen atoms in total. The van der Waals surface area contributed by atoms with E-state index in [9.17, 15) is 5.11 Å². The van der Waals surface area contributed by atoms with Crippen molar-refractivity contribution in [2.24, 2.45) is 0 Å². The number of nitrogens with one attached hydrogen (secondary N) is 1. The number of hydrogen-bond donors (Lipinski definition) is 2. The van der Waals surface area contributed by atoms with Gasteiger partial charge in [0.1, 0.15) is 0 Å². The van der Waals surface area contributed by atoms with Crippen LogP contribution in [-0.2, 0) is 4.74 Å². The molecule has 0 aromatic carbocycles. The summed E-state index contributed by atoms with van der Waals surface area (Å²) in [6.45, 7) is 3.75. The zero-order chi connectivity index (χ0) is 9.97. The van der Waals surface area contributed by atoms with E-state index in [1.165, 1.54) is 0 Å². The lowest BCUT2D eigenvalue weighted by atomic mass is 10.1. The summed E-state index contributed by atoms with van der Waals surface area (Å²) in [7, 11) is 2.13. The first-order chi connectivity index (χ1) is 6.77. The van der Waals surface area contributed by atoms with Crippen molar-refractivity contribution in [3.05, 3.63) is 0 Å². The Balaban J connectivity index is 1.65. The fourth-order valence-electron chi connectivity index (χ4n) is 2.05. The SMILES string of the molecule is CN(CCC1NCCC1O)C1COC1. The molecule has 2 unspecified atom stereocenters. The van der Waals surface area contributed by atoms with Crippen LogP contribution in [0.5, 0.6) is 0 Å². The monoisotopic (exact) mass is 200 g/mol. The highest BCUT2D eigenvalue weighted by atomic mass is 16.5. The molecule has 0 aliphatic carbocycles. The maximum Gasteiger partial charge on any atom is 0.0705 e. The summed E-state index contributed by atoms with van der Waals surface area (Å²) in [5.41, 5.74) is 0. The van der Waals surface area contributed by atoms with Crippen LogP contribution in [-0.4, -0.2) is 61.5 Å². The van der Waals surface area contributed by atoms with Crippen molar-refractivity contribution in [1.29, 1.82) is 0 Å². The van der Waals surface area contributed by atoms with Crippen molar-refractivity contribution in [1.82, 2.24) is 10.2 Å². The number of likely N-dealkylation sites (N-methyl/N-ethyl adjacent to an activating group) is 1. The van der Waals surface area contributed by atoms with Crippen LogP contribution in [0.1, 0.15) is 12.8 Å². The Kier molecular flexibility index (Phi) is 3.38. The van der Waals surface area contributed by atoms with Gasteiger partial charge in [0.05, 0.1) is 25.4 Å². The van der Waals surface area contributed by atoms with Crippen LogP contribution in [0.25, 0.3) is 0 Å². The first-order valence-corrected chi connectivity index (χ1v) is 5.47. The summed E-state index contributed by atoms with van der Waals surface area (Å²) in [6, 6.07) is 0.909. The molecular weight excluding hydrogens is 180 g/mol. The molecule has 2 aliphatic rings. The van der Waals surface area contributed by atoms with Crippen LogP contribution in [0.15, 0.2) is 0 Å². The van der Waals surface area contributed by atoms with Gasteiger partial charge in [-0.2, -0.15) is 0 Å². The Morgan fingerprint density at radius 1 is 1.50 bits per heavy atom. The molecule has 2 rings (SSSR count). The third kappa shape index (κ3) is 2.25. The highest BCUT2D eigenvalue weighted by molar-refractivity contribution is 4.85. The quantitative estimate of drug-likeness (QED) is 0.638. The Morgan fingerprint density at radius 3 is 2.79 bits per heavy atom. The zero-order valence-corrected chi connectivity index (χ0v) is 8.78. The first-order valence-electron chi connectivity index (χ1n) is 5.47. The number of rotatable bonds is 4. The van der Waals surface area contributed by atoms with Gasteiger partial charge in [-0.15, -0.1) is 0 Å². The molecule has 2 N–H and O–H groups in total. The molecule has 0 saturated carbocycles. The van der Waals surface area contributed by atoms with E-state index in [0.717, 1.165) is 39.1 Å². The van der Waals surface area contributed by atoms with Crippen LogP contribution >= 0.6 is 0 Å². The highest BCUT2D eigenvalue weighted by Crippen LogP contribution is 2.13. The summed E-state index contributed by atoms with van der Waals surface area (Å²) < 4.78 is 5.14. The van der Waals surface area contributed by atoms with Gasteiger partial charge in [-0.25, -0.2) is 0 Å². The van der Waals surface area contributed by atoms with Crippen molar-refractivity contribution in [2.45, 2.75) is 31.0 Å². The second kappa shape index (κ2) is 4.57. The van der Waals surface area contributed by atoms with Gasteiger partial charge in [-0.3, -0.25) is 4.90 Å². The molecule has 4 heteroatoms. The van der Waals surface area contributed by atoms with Crippen LogP contribution in [0.2, 0.25) is 0 Å². The maximum absolute atomic E-state index is 9.61. The molecule has 0 bridgehead atoms. The molecule has 0 amide bonds. The molecule has 0 aromatic heterocycles. The first kappa shape index (κ1) is 10.4. The number of ether oxygens (including phenoxy) is 1. The molecule has 2 heterocycles. The number of nitrogens with zero attached hydrogens (tertiary/aromatic N) is 1. The fourth-order valence-corrected chi connectivity index (χ4v) is 2.05. The minimum atomic E-state index is -0.138. The molecule has 0 aromatic rings. The minimum Gasteiger partial charge on any atom is -0.391 e. The second-order valence-electron chi connectivity index (χ2n) is 4.38. The fraction of sp³-hybridized carbons (Fsp3) is 1.00. The highest BCUT2D eigenvalue weighted by Gasteiger charge is 2.27. The molecule has 2 atom stereocenters. The molecule has 82 valence electrons. The molecular formula is C10H20N2O2. The van der Waals surface area contributed by atoms with E-state index >= 15 is 0 Å². The molecule has 2 fully saturated rings. The van der Waals surface area contributed by atoms with Gasteiger partial charge in [0, 0.05) is 6.04 Å². The Labute approximate surface area is 85.2 Å². The summed E-state index contributed by atoms with van der Waals surface area (Å²) in [5, 5.41) is 12.9. The van der Waals surface area contributed by atoms with Crippen molar-refractivity contribution in [3.8, 4) is 0 Å². The predicted molar refractivity (Wildman–Crippen MR) is 54.3 cm³/mol. The van der Waals surface area contributed by atoms with Gasteiger partial charge in [-0.1, -0.05) is 0 Å². The summed E-state index contributed by atoms with van der Waals surface area (Å²) in [5.74, 6) is 0. The lowest BCUT2D eigenvalue weighted by Crippen LogP contribution is -2.48. The summed E-state index contributed by atoms with van der Waals surface area (Å²) in [6.07, 6.45) is 1.80. The van der Waals surface area contributed by atoms with E-state index in [-0.39, 0.29) is 6.10 Å². The topological polar surface area (TPSA) is 44.7 Å². The number of aliphatic hydroxyl groups excluding tert-OH is 1. The van der Waals surface area contributed by atoms with Gasteiger partial charge in [-0.05, 0) is 33.0 Å². The smallest absolute Gasteiger partial charge is 0.0705 e. The van der Waals surface area contributed by atoms with E-state index in [4.69, 9.17) is 4.74 Å². The Morgan fingerprint density at radius 2 is 2.29 bits per heavy atom. The van der Waals surface area contributed by atoms with Crippen molar-refractivity contribution in [3.63, 3.8) is 0 Å². The second-order valence-corrected chi connectivity index (χ2v) is 4.38.